The van der Waals surface area contributed by atoms with Gasteiger partial charge in [0.05, 0.1) is 0 Å². The van der Waals surface area contributed by atoms with Gasteiger partial charge in [0.15, 0.2) is 0 Å². The van der Waals surface area contributed by atoms with Crippen LogP contribution in [0.4, 0.5) is 0 Å². The van der Waals surface area contributed by atoms with Crippen LogP contribution in [0, 0.1) is 0 Å². The van der Waals surface area contributed by atoms with Crippen LogP contribution in [0.2, 0.25) is 0 Å². The minimum Gasteiger partial charge on any atom is -0.809 e. The van der Waals surface area contributed by atoms with Crippen molar-refractivity contribution in [3.8, 4) is 0 Å². The predicted octanol–water partition coefficient (Wildman–Crippen LogP) is -27.4. The summed E-state index contributed by atoms with van der Waals surface area (Å²) in [5.41, 5.74) is -23.4. The second-order valence-corrected chi connectivity index (χ2v) is 34.8. The van der Waals surface area contributed by atoms with Crippen molar-refractivity contribution in [3.05, 3.63) is 0 Å². The molecule has 0 aliphatic heterocycles. The largest absolute Gasteiger partial charge is 7.00 e. The van der Waals surface area contributed by atoms with E-state index in [1.165, 1.54) is 0 Å². The van der Waals surface area contributed by atoms with Crippen LogP contribution in [0.15, 0.2) is 0 Å². The van der Waals surface area contributed by atoms with Crippen LogP contribution in [0.3, 0.4) is 0 Å². The Morgan fingerprint density at radius 2 is 0.176 bits per heavy atom. The summed E-state index contributed by atoms with van der Waals surface area (Å²) in [6.45, 7) is 0. The molecule has 0 unspecified atom stereocenters. The minimum atomic E-state index is -5.71. The van der Waals surface area contributed by atoms with Gasteiger partial charge in [-0.1, -0.05) is 0 Å². The smallest absolute Gasteiger partial charge is 0.809 e. The van der Waals surface area contributed by atoms with Gasteiger partial charge in [0.2, 0.25) is 0 Å². The summed E-state index contributed by atoms with van der Waals surface area (Å²) < 4.78 is 135. The molecule has 0 spiro atoms. The molecule has 0 fully saturated rings. The van der Waals surface area contributed by atoms with Crippen molar-refractivity contribution in [3.63, 3.8) is 0 Å². The third kappa shape index (κ3) is 55.6. The van der Waals surface area contributed by atoms with E-state index in [1.807, 2.05) is 0 Å². The molecular formula is C7H14O49P14Tc4. The zero-order chi connectivity index (χ0) is 60.0. The molecule has 0 bridgehead atoms. The van der Waals surface area contributed by atoms with E-state index in [4.69, 9.17) is 35.7 Å². The Morgan fingerprint density at radius 1 is 0.149 bits per heavy atom. The van der Waals surface area contributed by atoms with E-state index in [0.29, 0.717) is 0 Å². The molecule has 0 radical (unpaired) electrons. The van der Waals surface area contributed by atoms with Crippen LogP contribution >= 0.6 is 106 Å². The molecule has 0 aliphatic rings. The molecule has 49 nitrogen and oxygen atoms in total. The van der Waals surface area contributed by atoms with Gasteiger partial charge in [-0.3, -0.25) is 0 Å². The van der Waals surface area contributed by atoms with E-state index in [-0.39, 0.29) is 80.4 Å². The van der Waals surface area contributed by atoms with E-state index in [2.05, 4.69) is 0 Å². The molecule has 0 aromatic carbocycles. The molecule has 0 heterocycles. The minimum absolute atomic E-state index is 0. The fourth-order valence-electron chi connectivity index (χ4n) is 1.21. The average Bonchev–Trinajstić information content (AvgIpc) is 3.01. The Morgan fingerprint density at radius 3 is 0.176 bits per heavy atom. The third-order valence-corrected chi connectivity index (χ3v) is 23.8. The zero-order valence-electron chi connectivity index (χ0n) is 32.1. The molecule has 0 amide bonds. The molecule has 0 aliphatic carbocycles. The van der Waals surface area contributed by atoms with E-state index >= 15 is 0 Å². The maximum atomic E-state index is 9.63. The van der Waals surface area contributed by atoms with E-state index in [1.54, 1.807) is 0 Å². The molecule has 0 saturated heterocycles. The van der Waals surface area contributed by atoms with Gasteiger partial charge in [-0.25, -0.2) is 0 Å². The maximum absolute atomic E-state index is 9.63. The van der Waals surface area contributed by atoms with E-state index in [0.717, 1.165) is 0 Å². The van der Waals surface area contributed by atoms with Gasteiger partial charge in [0.25, 0.3) is 0 Å². The van der Waals surface area contributed by atoms with Crippen LogP contribution in [-0.4, -0.2) is 74.8 Å². The van der Waals surface area contributed by atoms with Crippen molar-refractivity contribution < 1.29 is 317 Å². The van der Waals surface area contributed by atoms with E-state index < -0.39 is 145 Å². The van der Waals surface area contributed by atoms with Crippen LogP contribution in [0.5, 0.6) is 0 Å². The average molecular weight is 1710 g/mol. The van der Waals surface area contributed by atoms with Gasteiger partial charge in [-0.2, -0.15) is 0 Å². The second kappa shape index (κ2) is 37.8. The zero-order valence-corrected chi connectivity index (χ0v) is 52.0. The fourth-order valence-corrected chi connectivity index (χ4v) is 10.9. The van der Waals surface area contributed by atoms with Gasteiger partial charge in [-0.15, -0.1) is 0 Å². The number of rotatable bonds is 14. The molecule has 0 aromatic rings. The summed E-state index contributed by atoms with van der Waals surface area (Å²) in [4.78, 5) is 270. The first-order valence-electron chi connectivity index (χ1n) is 13.1. The Bertz CT molecular complexity index is 1690. The van der Waals surface area contributed by atoms with Gasteiger partial charge in [-0.05, 0) is 106 Å². The fraction of sp³-hybridized carbons (Fsp3) is 1.00. The Hall–Kier alpha value is 4.42. The first-order valence-corrected chi connectivity index (χ1v) is 35.7. The van der Waals surface area contributed by atoms with Crippen LogP contribution in [0.1, 0.15) is 0 Å². The molecule has 0 saturated carbocycles. The first-order chi connectivity index (χ1) is 29.1. The summed E-state index contributed by atoms with van der Waals surface area (Å²) in [6, 6.07) is 0. The van der Waals surface area contributed by atoms with Crippen molar-refractivity contribution in [2.24, 2.45) is 0 Å². The summed E-state index contributed by atoms with van der Waals surface area (Å²) in [6.07, 6.45) is 0. The molecular weight excluding hydrogens is 1690 g/mol. The van der Waals surface area contributed by atoms with Crippen molar-refractivity contribution in [2.75, 3.05) is 0 Å². The number of hydrogen-bond acceptors (Lipinski definition) is 49. The summed E-state index contributed by atoms with van der Waals surface area (Å²) >= 11 is 0. The molecule has 0 rings (SSSR count). The van der Waals surface area contributed by atoms with Gasteiger partial charge < -0.3 is 237 Å². The number of aliphatic hydroxyl groups is 7. The van der Waals surface area contributed by atoms with Crippen molar-refractivity contribution in [2.45, 2.75) is 39.1 Å². The number of hydrogen-bond donors (Lipinski definition) is 7. The van der Waals surface area contributed by atoms with Gasteiger partial charge >= 0.3 is 80.4 Å². The molecule has 434 valence electrons. The Balaban J connectivity index is -0.0000000689. The monoisotopic (exact) mass is 1700 g/mol. The second-order valence-electron chi connectivity index (χ2n) is 9.98. The Labute approximate surface area is 459 Å². The quantitative estimate of drug-likeness (QED) is 0.0794. The first kappa shape index (κ1) is 103. The third-order valence-electron chi connectivity index (χ3n) is 3.96. The predicted molar refractivity (Wildman–Crippen MR) is 149 cm³/mol. The molecule has 7 N–H and O–H groups in total. The Kier molecular flexibility index (Phi) is 52.8. The van der Waals surface area contributed by atoms with Gasteiger partial charge in [0, 0.05) is 0 Å². The summed E-state index contributed by atoms with van der Waals surface area (Å²) in [5, 5.41) is 55.6. The molecule has 0 atom stereocenters. The van der Waals surface area contributed by atoms with Crippen LogP contribution < -0.4 is 137 Å². The SMILES string of the molecule is O=P([O-])([O-])C(O)P(=O)([O-])[O-].O=P([O-])([O-])C(O)P(=O)([O-])[O-].O=P([O-])([O-])C(O)P(=O)([O-])[O-].O=P([O-])([O-])C(O)P(=O)([O-])[O-].O=P([O-])([O-])C(O)P(=O)([O-])[O-].O=P([O-])([O-])C(O)P(=O)([O-])[O-].O=P([O-])([O-])C(O)P(=O)([O-])[O-].[Tc+7].[Tc+7].[Tc+7].[Tc+7]. The van der Waals surface area contributed by atoms with Gasteiger partial charge in [0.1, 0.15) is 39.1 Å². The molecule has 67 heteroatoms. The molecule has 74 heavy (non-hydrogen) atoms. The summed E-state index contributed by atoms with van der Waals surface area (Å²) in [5.74, 6) is 0. The van der Waals surface area contributed by atoms with Crippen molar-refractivity contribution in [1.82, 2.24) is 0 Å². The van der Waals surface area contributed by atoms with Crippen molar-refractivity contribution in [1.29, 1.82) is 0 Å². The van der Waals surface area contributed by atoms with Crippen LogP contribution in [0.25, 0.3) is 0 Å². The topological polar surface area (TPSA) is 1030 Å². The molecule has 0 aromatic heterocycles. The number of aliphatic hydroxyl groups excluding tert-OH is 7. The van der Waals surface area contributed by atoms with E-state index in [9.17, 15) is 201 Å². The van der Waals surface area contributed by atoms with Crippen LogP contribution in [-0.2, 0) is 144 Å². The van der Waals surface area contributed by atoms with Crippen molar-refractivity contribution >= 4 is 106 Å². The maximum Gasteiger partial charge on any atom is 7.00 e. The standard InChI is InChI=1S/7CH6O7P2.4Tc/c7*2-1(9(3,4)5)10(6,7)8;;;;/h7*1-2H,(H2,3,4,5)(H2,6,7,8);;;;/q;;;;;;;4*+7/p-28. The summed E-state index contributed by atoms with van der Waals surface area (Å²) in [7, 11) is -80.0. The normalized spacial score (nSPS) is 13.4.